The van der Waals surface area contributed by atoms with Gasteiger partial charge >= 0.3 is 0 Å². The molecule has 1 saturated carbocycles. The largest absolute Gasteiger partial charge is 0.487 e. The number of allylic oxidation sites excluding steroid dienone is 2. The second-order valence-corrected chi connectivity index (χ2v) is 15.3. The zero-order chi connectivity index (χ0) is 33.3. The van der Waals surface area contributed by atoms with E-state index in [0.717, 1.165) is 56.1 Å². The minimum atomic E-state index is -3.95. The lowest BCUT2D eigenvalue weighted by Crippen LogP contribution is -2.43. The minimum Gasteiger partial charge on any atom is -0.487 e. The maximum atomic E-state index is 13.5. The van der Waals surface area contributed by atoms with Crippen molar-refractivity contribution in [2.24, 2.45) is 11.8 Å². The van der Waals surface area contributed by atoms with E-state index in [1.807, 2.05) is 24.3 Å². The van der Waals surface area contributed by atoms with Gasteiger partial charge in [0.1, 0.15) is 12.4 Å². The molecule has 4 atom stereocenters. The highest BCUT2D eigenvalue weighted by molar-refractivity contribution is 7.90. The van der Waals surface area contributed by atoms with E-state index in [9.17, 15) is 18.3 Å². The van der Waals surface area contributed by atoms with Gasteiger partial charge in [-0.05, 0) is 98.9 Å². The number of anilines is 1. The van der Waals surface area contributed by atoms with Crippen molar-refractivity contribution in [1.82, 2.24) is 4.72 Å². The number of unbranched alkanes of at least 4 members (excludes halogenated alkanes) is 1. The van der Waals surface area contributed by atoms with Crippen LogP contribution in [0.4, 0.5) is 5.69 Å². The molecule has 1 aliphatic heterocycles. The molecule has 1 heterocycles. The van der Waals surface area contributed by atoms with Gasteiger partial charge in [-0.25, -0.2) is 13.1 Å². The first-order chi connectivity index (χ1) is 22.1. The number of aliphatic hydroxyl groups excluding tert-OH is 1. The molecule has 2 unspecified atom stereocenters. The Balaban J connectivity index is 1.68. The Morgan fingerprint density at radius 2 is 1.96 bits per heavy atom. The molecule has 0 bridgehead atoms. The van der Waals surface area contributed by atoms with Gasteiger partial charge < -0.3 is 14.7 Å². The lowest BCUT2D eigenvalue weighted by Gasteiger charge is -2.42. The van der Waals surface area contributed by atoms with Crippen molar-refractivity contribution in [3.05, 3.63) is 81.9 Å². The molecule has 2 aliphatic rings. The zero-order valence-corrected chi connectivity index (χ0v) is 29.3. The molecule has 0 aromatic heterocycles. The quantitative estimate of drug-likeness (QED) is 0.206. The molecule has 0 saturated heterocycles. The Bertz CT molecular complexity index is 1500. The number of aryl methyl sites for hydroxylation is 1. The van der Waals surface area contributed by atoms with Crippen LogP contribution in [0.2, 0.25) is 10.0 Å². The highest BCUT2D eigenvalue weighted by Crippen LogP contribution is 2.42. The summed E-state index contributed by atoms with van der Waals surface area (Å²) >= 11 is 13.0. The Morgan fingerprint density at radius 1 is 1.15 bits per heavy atom. The predicted molar refractivity (Wildman–Crippen MR) is 189 cm³/mol. The summed E-state index contributed by atoms with van der Waals surface area (Å²) in [6.07, 6.45) is 13.0. The third-order valence-corrected chi connectivity index (χ3v) is 11.8. The van der Waals surface area contributed by atoms with E-state index in [2.05, 4.69) is 29.2 Å². The predicted octanol–water partition coefficient (Wildman–Crippen LogP) is 8.26. The highest BCUT2D eigenvalue weighted by atomic mass is 35.5. The standard InChI is InChI=1S/C36H48Cl2N2O5S/c1-4-7-9-14-34(41)30-18-16-26(30)23-40-19-11-10-12-25-20-28(37)17-15-27(25)24-45-35-22-32(38)31(21-33(35)40)36(42)39-46(43,44)29(6-3)13-8-5-2/h5,9,14-15,17,20-22,26,29-30,34,41H,2,4,6-8,10-13,16,18-19,23-24H2,1,3H3,(H,39,42)/b14-9+/t26?,29-,30?,34+/m1/s1. The van der Waals surface area contributed by atoms with Gasteiger partial charge in [-0.2, -0.15) is 0 Å². The Kier molecular flexibility index (Phi) is 13.5. The van der Waals surface area contributed by atoms with Crippen molar-refractivity contribution in [2.75, 3.05) is 18.0 Å². The van der Waals surface area contributed by atoms with Crippen LogP contribution < -0.4 is 14.4 Å². The summed E-state index contributed by atoms with van der Waals surface area (Å²) in [6, 6.07) is 9.10. The van der Waals surface area contributed by atoms with Gasteiger partial charge in [0.25, 0.3) is 5.91 Å². The number of nitrogens with zero attached hydrogens (tertiary/aromatic N) is 1. The minimum absolute atomic E-state index is 0.0749. The zero-order valence-electron chi connectivity index (χ0n) is 27.0. The van der Waals surface area contributed by atoms with Crippen LogP contribution in [0.3, 0.4) is 0 Å². The van der Waals surface area contributed by atoms with Gasteiger partial charge in [-0.15, -0.1) is 6.58 Å². The first-order valence-corrected chi connectivity index (χ1v) is 18.9. The maximum absolute atomic E-state index is 13.5. The van der Waals surface area contributed by atoms with Gasteiger partial charge in [-0.3, -0.25) is 4.79 Å². The molecule has 0 radical (unpaired) electrons. The van der Waals surface area contributed by atoms with Crippen molar-refractivity contribution in [3.63, 3.8) is 0 Å². The van der Waals surface area contributed by atoms with E-state index < -0.39 is 27.3 Å². The molecular formula is C36H48Cl2N2O5S. The van der Waals surface area contributed by atoms with Gasteiger partial charge in [0, 0.05) is 24.2 Å². The second-order valence-electron chi connectivity index (χ2n) is 12.5. The van der Waals surface area contributed by atoms with E-state index in [4.69, 9.17) is 27.9 Å². The van der Waals surface area contributed by atoms with Crippen LogP contribution in [-0.2, 0) is 23.1 Å². The van der Waals surface area contributed by atoms with Crippen LogP contribution in [0, 0.1) is 11.8 Å². The van der Waals surface area contributed by atoms with Crippen LogP contribution in [0.1, 0.15) is 93.1 Å². The fraction of sp³-hybridized carbons (Fsp3) is 0.528. The number of hydrogen-bond donors (Lipinski definition) is 2. The first-order valence-electron chi connectivity index (χ1n) is 16.6. The molecule has 2 aromatic rings. The normalized spacial score (nSPS) is 20.0. The lowest BCUT2D eigenvalue weighted by molar-refractivity contribution is 0.0461. The van der Waals surface area contributed by atoms with Crippen molar-refractivity contribution in [2.45, 2.75) is 96.0 Å². The molecule has 46 heavy (non-hydrogen) atoms. The number of halogens is 2. The number of nitrogens with one attached hydrogen (secondary N) is 1. The monoisotopic (exact) mass is 690 g/mol. The fourth-order valence-corrected chi connectivity index (χ4v) is 8.24. The number of sulfonamides is 1. The van der Waals surface area contributed by atoms with Crippen molar-refractivity contribution >= 4 is 44.8 Å². The van der Waals surface area contributed by atoms with Crippen molar-refractivity contribution in [1.29, 1.82) is 0 Å². The number of carbonyl (C=O) groups excluding carboxylic acids is 1. The van der Waals surface area contributed by atoms with Crippen LogP contribution in [-0.4, -0.2) is 43.9 Å². The van der Waals surface area contributed by atoms with E-state index in [1.54, 1.807) is 25.1 Å². The lowest BCUT2D eigenvalue weighted by atomic mass is 9.70. The van der Waals surface area contributed by atoms with Gasteiger partial charge in [0.15, 0.2) is 0 Å². The number of rotatable bonds is 13. The molecule has 0 spiro atoms. The Labute approximate surface area is 285 Å². The number of hydrogen-bond acceptors (Lipinski definition) is 6. The molecule has 7 nitrogen and oxygen atoms in total. The molecular weight excluding hydrogens is 643 g/mol. The SMILES string of the molecule is C=CCC[C@@H](CC)S(=O)(=O)NC(=O)c1cc2c(cc1Cl)OCc1ccc(Cl)cc1CCCCN2CC1CCC1[C@@H](O)/C=C/CCC. The van der Waals surface area contributed by atoms with E-state index >= 15 is 0 Å². The summed E-state index contributed by atoms with van der Waals surface area (Å²) in [6.45, 7) is 9.24. The summed E-state index contributed by atoms with van der Waals surface area (Å²) in [7, 11) is -3.95. The Morgan fingerprint density at radius 3 is 2.65 bits per heavy atom. The number of aliphatic hydroxyl groups is 1. The van der Waals surface area contributed by atoms with E-state index in [1.165, 1.54) is 0 Å². The highest BCUT2D eigenvalue weighted by Gasteiger charge is 2.37. The molecule has 2 aromatic carbocycles. The van der Waals surface area contributed by atoms with Gasteiger partial charge in [0.05, 0.1) is 27.6 Å². The average molecular weight is 692 g/mol. The Hall–Kier alpha value is -2.52. The molecule has 4 rings (SSSR count). The molecule has 2 N–H and O–H groups in total. The topological polar surface area (TPSA) is 95.9 Å². The summed E-state index contributed by atoms with van der Waals surface area (Å²) in [4.78, 5) is 15.8. The van der Waals surface area contributed by atoms with Crippen LogP contribution >= 0.6 is 23.2 Å². The summed E-state index contributed by atoms with van der Waals surface area (Å²) in [5, 5.41) is 11.0. The van der Waals surface area contributed by atoms with Crippen LogP contribution in [0.5, 0.6) is 5.75 Å². The number of fused-ring (bicyclic) bond motifs is 2. The molecule has 252 valence electrons. The molecule has 1 fully saturated rings. The first kappa shape index (κ1) is 36.3. The van der Waals surface area contributed by atoms with E-state index in [0.29, 0.717) is 48.8 Å². The number of carbonyl (C=O) groups is 1. The van der Waals surface area contributed by atoms with Gasteiger partial charge in [-0.1, -0.05) is 67.8 Å². The average Bonchev–Trinajstić information content (AvgIpc) is 3.02. The summed E-state index contributed by atoms with van der Waals surface area (Å²) < 4.78 is 35.1. The number of amides is 1. The summed E-state index contributed by atoms with van der Waals surface area (Å²) in [5.74, 6) is 0.142. The summed E-state index contributed by atoms with van der Waals surface area (Å²) in [5.41, 5.74) is 2.92. The van der Waals surface area contributed by atoms with Crippen molar-refractivity contribution < 1.29 is 23.1 Å². The number of ether oxygens (including phenoxy) is 1. The van der Waals surface area contributed by atoms with Crippen molar-refractivity contribution in [3.8, 4) is 5.75 Å². The third kappa shape index (κ3) is 9.30. The number of benzene rings is 2. The molecule has 1 aliphatic carbocycles. The van der Waals surface area contributed by atoms with Crippen LogP contribution in [0.25, 0.3) is 0 Å². The van der Waals surface area contributed by atoms with Gasteiger partial charge in [0.2, 0.25) is 10.0 Å². The second kappa shape index (κ2) is 17.0. The maximum Gasteiger partial charge on any atom is 0.266 e. The molecule has 10 heteroatoms. The smallest absolute Gasteiger partial charge is 0.266 e. The van der Waals surface area contributed by atoms with Crippen LogP contribution in [0.15, 0.2) is 55.1 Å². The van der Waals surface area contributed by atoms with E-state index in [-0.39, 0.29) is 29.0 Å². The third-order valence-electron chi connectivity index (χ3n) is 9.29. The fourth-order valence-electron chi connectivity index (χ4n) is 6.38. The molecule has 1 amide bonds.